The number of nitrogens with zero attached hydrogens (tertiary/aromatic N) is 2. The van der Waals surface area contributed by atoms with Gasteiger partial charge in [0, 0.05) is 25.5 Å². The first kappa shape index (κ1) is 24.9. The maximum Gasteiger partial charge on any atom is 0.497 e. The lowest BCUT2D eigenvalue weighted by Gasteiger charge is -2.32. The number of benzene rings is 1. The number of rotatable bonds is 7. The summed E-state index contributed by atoms with van der Waals surface area (Å²) in [5.41, 5.74) is -0.0150. The molecule has 176 valence electrons. The van der Waals surface area contributed by atoms with E-state index in [1.54, 1.807) is 13.0 Å². The molecule has 1 aromatic carbocycles. The molecule has 3 rings (SSSR count). The van der Waals surface area contributed by atoms with Crippen LogP contribution in [0.1, 0.15) is 43.7 Å². The van der Waals surface area contributed by atoms with Crippen LogP contribution in [0.5, 0.6) is 0 Å². The first-order valence-electron chi connectivity index (χ1n) is 10.9. The average Bonchev–Trinajstić information content (AvgIpc) is 3.15. The smallest absolute Gasteiger partial charge is 0.464 e. The number of fused-ring (bicyclic) bond motifs is 1. The van der Waals surface area contributed by atoms with Crippen LogP contribution in [0.15, 0.2) is 6.07 Å². The molecule has 0 atom stereocenters. The number of ether oxygens (including phenoxy) is 2. The van der Waals surface area contributed by atoms with Crippen molar-refractivity contribution >= 4 is 37.5 Å². The predicted molar refractivity (Wildman–Crippen MR) is 126 cm³/mol. The van der Waals surface area contributed by atoms with Crippen LogP contribution in [-0.2, 0) is 25.5 Å². The fourth-order valence-corrected chi connectivity index (χ4v) is 4.32. The van der Waals surface area contributed by atoms with Crippen molar-refractivity contribution in [3.8, 4) is 0 Å². The van der Waals surface area contributed by atoms with Crippen molar-refractivity contribution in [1.82, 2.24) is 9.78 Å². The molecule has 1 aliphatic rings. The molecule has 1 aromatic heterocycles. The molecule has 0 aliphatic carbocycles. The number of hydrogen-bond donors (Lipinski definition) is 0. The average molecular weight is 464 g/mol. The summed E-state index contributed by atoms with van der Waals surface area (Å²) in [6.07, 6.45) is 0. The van der Waals surface area contributed by atoms with Crippen LogP contribution in [-0.4, -0.2) is 55.9 Å². The van der Waals surface area contributed by atoms with E-state index in [1.165, 1.54) is 11.8 Å². The Bertz CT molecular complexity index is 1020. The Morgan fingerprint density at radius 1 is 1.22 bits per heavy atom. The summed E-state index contributed by atoms with van der Waals surface area (Å²) >= 11 is 0. The molecule has 0 radical (unpaired) electrons. The fraction of sp³-hybridized carbons (Fsp3) is 0.636. The van der Waals surface area contributed by atoms with Crippen LogP contribution in [0.25, 0.3) is 10.9 Å². The highest BCUT2D eigenvalue weighted by Gasteiger charge is 2.52. The zero-order valence-corrected chi connectivity index (χ0v) is 21.6. The molecule has 2 aromatic rings. The van der Waals surface area contributed by atoms with Crippen LogP contribution >= 0.6 is 0 Å². The van der Waals surface area contributed by atoms with Gasteiger partial charge in [-0.25, -0.2) is 13.9 Å². The van der Waals surface area contributed by atoms with Gasteiger partial charge in [-0.15, -0.1) is 0 Å². The first-order valence-corrected chi connectivity index (χ1v) is 14.6. The molecule has 1 saturated heterocycles. The number of halogens is 1. The standard InChI is InChI=1S/C22H34BFN2O5Si/c1-14-12-15(23-30-21(2,3)22(4,5)31-23)17(24)19-16(14)18(20(27)28-6)25-26(19)13-29-10-11-32(7,8)9/h12H,10-11,13H2,1-9H3. The van der Waals surface area contributed by atoms with Gasteiger partial charge in [0.05, 0.1) is 18.3 Å². The predicted octanol–water partition coefficient (Wildman–Crippen LogP) is 3.88. The Morgan fingerprint density at radius 3 is 2.34 bits per heavy atom. The van der Waals surface area contributed by atoms with E-state index in [0.29, 0.717) is 17.6 Å². The minimum Gasteiger partial charge on any atom is -0.464 e. The number of carbonyl (C=O) groups is 1. The molecule has 0 amide bonds. The van der Waals surface area contributed by atoms with Crippen LogP contribution in [0, 0.1) is 12.7 Å². The van der Waals surface area contributed by atoms with Gasteiger partial charge in [-0.2, -0.15) is 5.10 Å². The summed E-state index contributed by atoms with van der Waals surface area (Å²) in [5, 5.41) is 4.75. The topological polar surface area (TPSA) is 71.8 Å². The number of hydrogen-bond acceptors (Lipinski definition) is 6. The Hall–Kier alpha value is -1.75. The van der Waals surface area contributed by atoms with E-state index in [1.807, 2.05) is 27.7 Å². The second kappa shape index (κ2) is 8.55. The molecule has 10 heteroatoms. The molecule has 1 aliphatic heterocycles. The number of methoxy groups -OCH3 is 1. The monoisotopic (exact) mass is 464 g/mol. The third-order valence-electron chi connectivity index (χ3n) is 6.28. The van der Waals surface area contributed by atoms with Crippen molar-refractivity contribution in [3.05, 3.63) is 23.1 Å². The van der Waals surface area contributed by atoms with Gasteiger partial charge in [0.2, 0.25) is 0 Å². The second-order valence-corrected chi connectivity index (χ2v) is 16.2. The minimum atomic E-state index is -1.28. The molecular weight excluding hydrogens is 430 g/mol. The zero-order valence-electron chi connectivity index (χ0n) is 20.6. The van der Waals surface area contributed by atoms with Crippen molar-refractivity contribution in [1.29, 1.82) is 0 Å². The number of aromatic nitrogens is 2. The molecule has 7 nitrogen and oxygen atoms in total. The van der Waals surface area contributed by atoms with E-state index in [0.717, 1.165) is 6.04 Å². The lowest BCUT2D eigenvalue weighted by Crippen LogP contribution is -2.41. The fourth-order valence-electron chi connectivity index (χ4n) is 3.57. The van der Waals surface area contributed by atoms with Crippen molar-refractivity contribution in [2.75, 3.05) is 13.7 Å². The summed E-state index contributed by atoms with van der Waals surface area (Å²) in [6, 6.07) is 2.63. The summed E-state index contributed by atoms with van der Waals surface area (Å²) in [6.45, 7) is 16.8. The molecular formula is C22H34BFN2O5Si. The number of esters is 1. The van der Waals surface area contributed by atoms with Gasteiger partial charge in [-0.1, -0.05) is 25.7 Å². The SMILES string of the molecule is COC(=O)c1nn(COCC[Si](C)(C)C)c2c(F)c(B3OC(C)(C)C(C)(C)O3)cc(C)c12. The summed E-state index contributed by atoms with van der Waals surface area (Å²) < 4.78 is 40.2. The Morgan fingerprint density at radius 2 is 1.81 bits per heavy atom. The largest absolute Gasteiger partial charge is 0.497 e. The Balaban J connectivity index is 2.06. The summed E-state index contributed by atoms with van der Waals surface area (Å²) in [4.78, 5) is 12.4. The van der Waals surface area contributed by atoms with Crippen molar-refractivity contribution in [3.63, 3.8) is 0 Å². The van der Waals surface area contributed by atoms with E-state index < -0.39 is 38.2 Å². The minimum absolute atomic E-state index is 0.0289. The molecule has 0 unspecified atom stereocenters. The molecule has 32 heavy (non-hydrogen) atoms. The van der Waals surface area contributed by atoms with Gasteiger partial charge >= 0.3 is 13.1 Å². The number of aryl methyl sites for hydroxylation is 1. The molecule has 0 N–H and O–H groups in total. The lowest BCUT2D eigenvalue weighted by molar-refractivity contribution is 0.00578. The van der Waals surface area contributed by atoms with E-state index in [2.05, 4.69) is 24.7 Å². The Kier molecular flexibility index (Phi) is 6.65. The summed E-state index contributed by atoms with van der Waals surface area (Å²) in [5.74, 6) is -1.16. The van der Waals surface area contributed by atoms with Gasteiger partial charge < -0.3 is 18.8 Å². The van der Waals surface area contributed by atoms with Crippen LogP contribution in [0.4, 0.5) is 4.39 Å². The van der Waals surface area contributed by atoms with Crippen molar-refractivity contribution in [2.45, 2.75) is 78.2 Å². The second-order valence-electron chi connectivity index (χ2n) is 10.6. The number of carbonyl (C=O) groups excluding carboxylic acids is 1. The molecule has 0 bridgehead atoms. The van der Waals surface area contributed by atoms with Gasteiger partial charge in [0.25, 0.3) is 0 Å². The maximum atomic E-state index is 15.9. The lowest BCUT2D eigenvalue weighted by atomic mass is 9.77. The van der Waals surface area contributed by atoms with Gasteiger partial charge in [-0.05, 0) is 46.2 Å². The highest BCUT2D eigenvalue weighted by Crippen LogP contribution is 2.37. The summed E-state index contributed by atoms with van der Waals surface area (Å²) in [7, 11) is -0.872. The highest BCUT2D eigenvalue weighted by atomic mass is 28.3. The Labute approximate surface area is 190 Å². The normalized spacial score (nSPS) is 17.9. The van der Waals surface area contributed by atoms with Crippen molar-refractivity contribution in [2.24, 2.45) is 0 Å². The van der Waals surface area contributed by atoms with Crippen molar-refractivity contribution < 1.29 is 28.0 Å². The van der Waals surface area contributed by atoms with Crippen LogP contribution < -0.4 is 5.46 Å². The van der Waals surface area contributed by atoms with Gasteiger partial charge in [0.1, 0.15) is 18.1 Å². The maximum absolute atomic E-state index is 15.9. The van der Waals surface area contributed by atoms with E-state index >= 15 is 4.39 Å². The highest BCUT2D eigenvalue weighted by molar-refractivity contribution is 6.76. The van der Waals surface area contributed by atoms with E-state index in [9.17, 15) is 4.79 Å². The third kappa shape index (κ3) is 4.64. The molecule has 0 spiro atoms. The van der Waals surface area contributed by atoms with E-state index in [-0.39, 0.29) is 23.4 Å². The van der Waals surface area contributed by atoms with Gasteiger partial charge in [0.15, 0.2) is 5.69 Å². The molecule has 1 fully saturated rings. The molecule has 2 heterocycles. The van der Waals surface area contributed by atoms with E-state index in [4.69, 9.17) is 18.8 Å². The van der Waals surface area contributed by atoms with Gasteiger partial charge in [-0.3, -0.25) is 0 Å². The molecule has 0 saturated carbocycles. The quantitative estimate of drug-likeness (QED) is 0.352. The third-order valence-corrected chi connectivity index (χ3v) is 7.98. The first-order chi connectivity index (χ1) is 14.7. The van der Waals surface area contributed by atoms with Crippen LogP contribution in [0.2, 0.25) is 25.7 Å². The zero-order chi connectivity index (χ0) is 24.1. The van der Waals surface area contributed by atoms with Crippen LogP contribution in [0.3, 0.4) is 0 Å².